The van der Waals surface area contributed by atoms with Crippen molar-refractivity contribution in [2.45, 2.75) is 23.8 Å². The molecular weight excluding hydrogens is 310 g/mol. The van der Waals surface area contributed by atoms with Crippen LogP contribution < -0.4 is 0 Å². The van der Waals surface area contributed by atoms with E-state index in [1.807, 2.05) is 12.1 Å². The van der Waals surface area contributed by atoms with E-state index in [0.717, 1.165) is 19.1 Å². The summed E-state index contributed by atoms with van der Waals surface area (Å²) >= 11 is 0. The molecule has 0 radical (unpaired) electrons. The van der Waals surface area contributed by atoms with Crippen LogP contribution in [0, 0.1) is 0 Å². The number of hydrogen-bond donors (Lipinski definition) is 0. The number of rotatable bonds is 3. The fraction of sp³-hybridized carbons (Fsp3) is 0.278. The summed E-state index contributed by atoms with van der Waals surface area (Å²) < 4.78 is 23.3. The number of carbonyl (C=O) groups excluding carboxylic acids is 1. The minimum atomic E-state index is -3.32. The highest BCUT2D eigenvalue weighted by atomic mass is 32.2. The predicted molar refractivity (Wildman–Crippen MR) is 89.1 cm³/mol. The second-order valence-corrected chi connectivity index (χ2v) is 7.99. The molecular formula is C18H19NO3S. The van der Waals surface area contributed by atoms with Crippen molar-refractivity contribution >= 4 is 15.7 Å². The lowest BCUT2D eigenvalue weighted by Gasteiger charge is -2.25. The lowest BCUT2D eigenvalue weighted by Crippen LogP contribution is -2.30. The van der Waals surface area contributed by atoms with Gasteiger partial charge >= 0.3 is 0 Å². The first-order valence-corrected chi connectivity index (χ1v) is 9.42. The molecule has 2 aromatic rings. The van der Waals surface area contributed by atoms with Crippen LogP contribution in [0.15, 0.2) is 53.4 Å². The summed E-state index contributed by atoms with van der Waals surface area (Å²) in [5.74, 6) is -0.155. The molecule has 1 amide bonds. The zero-order valence-corrected chi connectivity index (χ0v) is 14.0. The number of nitrogens with zero attached hydrogens (tertiary/aromatic N) is 1. The maximum absolute atomic E-state index is 12.8. The third kappa shape index (κ3) is 3.01. The van der Waals surface area contributed by atoms with Crippen LogP contribution in [0.5, 0.6) is 0 Å². The van der Waals surface area contributed by atoms with Crippen molar-refractivity contribution in [3.05, 3.63) is 65.2 Å². The van der Waals surface area contributed by atoms with E-state index in [1.165, 1.54) is 23.3 Å². The third-order valence-corrected chi connectivity index (χ3v) is 5.51. The monoisotopic (exact) mass is 329 g/mol. The molecule has 3 rings (SSSR count). The molecule has 1 unspecified atom stereocenters. The average molecular weight is 329 g/mol. The van der Waals surface area contributed by atoms with Crippen molar-refractivity contribution in [1.29, 1.82) is 0 Å². The molecule has 0 saturated heterocycles. The Balaban J connectivity index is 1.90. The van der Waals surface area contributed by atoms with Crippen molar-refractivity contribution < 1.29 is 13.2 Å². The van der Waals surface area contributed by atoms with Crippen LogP contribution in [-0.4, -0.2) is 32.5 Å². The summed E-state index contributed by atoms with van der Waals surface area (Å²) in [5, 5.41) is 0. The standard InChI is InChI=1S/C18H19NO3S/c1-19(17-11-10-13-6-3-4-9-16(13)17)18(20)14-7-5-8-15(12-14)23(2,21)22/h3-9,12,17H,10-11H2,1-2H3. The second kappa shape index (κ2) is 5.81. The van der Waals surface area contributed by atoms with Gasteiger partial charge in [-0.05, 0) is 42.2 Å². The van der Waals surface area contributed by atoms with Gasteiger partial charge < -0.3 is 4.90 Å². The zero-order chi connectivity index (χ0) is 16.6. The molecule has 0 aromatic heterocycles. The summed E-state index contributed by atoms with van der Waals surface area (Å²) in [6, 6.07) is 14.4. The van der Waals surface area contributed by atoms with E-state index in [0.29, 0.717) is 5.56 Å². The van der Waals surface area contributed by atoms with Crippen molar-refractivity contribution in [3.63, 3.8) is 0 Å². The average Bonchev–Trinajstić information content (AvgIpc) is 2.97. The Morgan fingerprint density at radius 3 is 2.61 bits per heavy atom. The molecule has 1 atom stereocenters. The summed E-state index contributed by atoms with van der Waals surface area (Å²) in [7, 11) is -1.54. The molecule has 0 saturated carbocycles. The topological polar surface area (TPSA) is 54.5 Å². The first kappa shape index (κ1) is 15.7. The fourth-order valence-electron chi connectivity index (χ4n) is 3.14. The quantitative estimate of drug-likeness (QED) is 0.870. The van der Waals surface area contributed by atoms with Crippen LogP contribution in [0.4, 0.5) is 0 Å². The number of benzene rings is 2. The van der Waals surface area contributed by atoms with E-state index >= 15 is 0 Å². The molecule has 0 fully saturated rings. The molecule has 5 heteroatoms. The van der Waals surface area contributed by atoms with Gasteiger partial charge in [0.05, 0.1) is 10.9 Å². The van der Waals surface area contributed by atoms with Gasteiger partial charge in [0.1, 0.15) is 0 Å². The smallest absolute Gasteiger partial charge is 0.254 e. The Bertz CT molecular complexity index is 858. The van der Waals surface area contributed by atoms with Crippen molar-refractivity contribution in [1.82, 2.24) is 4.90 Å². The van der Waals surface area contributed by atoms with Gasteiger partial charge in [0.2, 0.25) is 0 Å². The van der Waals surface area contributed by atoms with Crippen LogP contribution >= 0.6 is 0 Å². The number of hydrogen-bond acceptors (Lipinski definition) is 3. The van der Waals surface area contributed by atoms with Gasteiger partial charge in [0, 0.05) is 18.9 Å². The van der Waals surface area contributed by atoms with Crippen LogP contribution in [-0.2, 0) is 16.3 Å². The van der Waals surface area contributed by atoms with Crippen LogP contribution in [0.3, 0.4) is 0 Å². The first-order valence-electron chi connectivity index (χ1n) is 7.53. The molecule has 1 aliphatic rings. The van der Waals surface area contributed by atoms with E-state index in [1.54, 1.807) is 24.1 Å². The summed E-state index contributed by atoms with van der Waals surface area (Å²) in [6.07, 6.45) is 3.00. The third-order valence-electron chi connectivity index (χ3n) is 4.40. The number of amides is 1. The van der Waals surface area contributed by atoms with Crippen molar-refractivity contribution in [2.75, 3.05) is 13.3 Å². The maximum Gasteiger partial charge on any atom is 0.254 e. The second-order valence-electron chi connectivity index (χ2n) is 5.97. The number of carbonyl (C=O) groups is 1. The number of aryl methyl sites for hydroxylation is 1. The molecule has 120 valence electrons. The van der Waals surface area contributed by atoms with Gasteiger partial charge in [-0.3, -0.25) is 4.79 Å². The van der Waals surface area contributed by atoms with E-state index in [4.69, 9.17) is 0 Å². The van der Waals surface area contributed by atoms with Crippen LogP contribution in [0.2, 0.25) is 0 Å². The van der Waals surface area contributed by atoms with Gasteiger partial charge in [-0.15, -0.1) is 0 Å². The highest BCUT2D eigenvalue weighted by Gasteiger charge is 2.29. The van der Waals surface area contributed by atoms with Gasteiger partial charge in [0.15, 0.2) is 9.84 Å². The highest BCUT2D eigenvalue weighted by Crippen LogP contribution is 2.35. The molecule has 4 nitrogen and oxygen atoms in total. The number of fused-ring (bicyclic) bond motifs is 1. The van der Waals surface area contributed by atoms with Gasteiger partial charge in [0.25, 0.3) is 5.91 Å². The molecule has 0 spiro atoms. The number of sulfone groups is 1. The van der Waals surface area contributed by atoms with Crippen molar-refractivity contribution in [3.8, 4) is 0 Å². The van der Waals surface area contributed by atoms with E-state index in [-0.39, 0.29) is 16.8 Å². The Morgan fingerprint density at radius 2 is 1.87 bits per heavy atom. The van der Waals surface area contributed by atoms with Crippen LogP contribution in [0.25, 0.3) is 0 Å². The molecule has 23 heavy (non-hydrogen) atoms. The van der Waals surface area contributed by atoms with Gasteiger partial charge in [-0.1, -0.05) is 30.3 Å². The Morgan fingerprint density at radius 1 is 1.13 bits per heavy atom. The largest absolute Gasteiger partial charge is 0.335 e. The summed E-state index contributed by atoms with van der Waals surface area (Å²) in [4.78, 5) is 14.6. The lowest BCUT2D eigenvalue weighted by molar-refractivity contribution is 0.0730. The zero-order valence-electron chi connectivity index (χ0n) is 13.2. The minimum Gasteiger partial charge on any atom is -0.335 e. The first-order chi connectivity index (χ1) is 10.9. The Hall–Kier alpha value is -2.14. The lowest BCUT2D eigenvalue weighted by atomic mass is 10.1. The van der Waals surface area contributed by atoms with Gasteiger partial charge in [-0.2, -0.15) is 0 Å². The summed E-state index contributed by atoms with van der Waals surface area (Å²) in [6.45, 7) is 0. The molecule has 0 heterocycles. The molecule has 0 bridgehead atoms. The predicted octanol–water partition coefficient (Wildman–Crippen LogP) is 2.85. The highest BCUT2D eigenvalue weighted by molar-refractivity contribution is 7.90. The van der Waals surface area contributed by atoms with Crippen molar-refractivity contribution in [2.24, 2.45) is 0 Å². The van der Waals surface area contributed by atoms with E-state index in [9.17, 15) is 13.2 Å². The molecule has 0 aliphatic heterocycles. The normalized spacial score (nSPS) is 16.9. The Labute approximate surface area is 136 Å². The molecule has 0 N–H and O–H groups in total. The van der Waals surface area contributed by atoms with Gasteiger partial charge in [-0.25, -0.2) is 8.42 Å². The van der Waals surface area contributed by atoms with E-state index < -0.39 is 9.84 Å². The fourth-order valence-corrected chi connectivity index (χ4v) is 3.81. The van der Waals surface area contributed by atoms with E-state index in [2.05, 4.69) is 12.1 Å². The summed E-state index contributed by atoms with van der Waals surface area (Å²) in [5.41, 5.74) is 2.87. The Kier molecular flexibility index (Phi) is 3.98. The minimum absolute atomic E-state index is 0.0422. The molecule has 2 aromatic carbocycles. The molecule has 1 aliphatic carbocycles. The van der Waals surface area contributed by atoms with Crippen LogP contribution in [0.1, 0.15) is 33.9 Å². The SMILES string of the molecule is CN(C(=O)c1cccc(S(C)(=O)=O)c1)C1CCc2ccccc21. The maximum atomic E-state index is 12.8.